The van der Waals surface area contributed by atoms with Crippen LogP contribution in [0.4, 0.5) is 5.13 Å². The van der Waals surface area contributed by atoms with E-state index in [2.05, 4.69) is 27.4 Å². The number of thiazole rings is 1. The Morgan fingerprint density at radius 1 is 1.33 bits per heavy atom. The molecule has 2 heterocycles. The minimum Gasteiger partial charge on any atom is -0.296 e. The second kappa shape index (κ2) is 6.16. The Morgan fingerprint density at radius 3 is 3.00 bits per heavy atom. The second-order valence-electron chi connectivity index (χ2n) is 6.05. The summed E-state index contributed by atoms with van der Waals surface area (Å²) in [6.07, 6.45) is 4.67. The number of nitrogens with one attached hydrogen (secondary N) is 1. The third-order valence-corrected chi connectivity index (χ3v) is 5.15. The van der Waals surface area contributed by atoms with Crippen LogP contribution in [-0.2, 0) is 12.8 Å². The highest BCUT2D eigenvalue weighted by atomic mass is 32.1. The summed E-state index contributed by atoms with van der Waals surface area (Å²) >= 11 is 1.57. The Labute approximate surface area is 143 Å². The number of fused-ring (bicyclic) bond motifs is 1. The number of aryl methyl sites for hydroxylation is 1. The van der Waals surface area contributed by atoms with E-state index in [4.69, 9.17) is 0 Å². The van der Waals surface area contributed by atoms with Gasteiger partial charge in [0.25, 0.3) is 5.91 Å². The largest absolute Gasteiger partial charge is 0.296 e. The first-order valence-corrected chi connectivity index (χ1v) is 8.78. The summed E-state index contributed by atoms with van der Waals surface area (Å²) in [5, 5.41) is 11.9. The van der Waals surface area contributed by atoms with Gasteiger partial charge in [-0.25, -0.2) is 4.98 Å². The number of amides is 1. The Balaban J connectivity index is 1.50. The van der Waals surface area contributed by atoms with Gasteiger partial charge in [-0.1, -0.05) is 25.1 Å². The van der Waals surface area contributed by atoms with Crippen molar-refractivity contribution < 1.29 is 4.79 Å². The van der Waals surface area contributed by atoms with Crippen molar-refractivity contribution in [3.8, 4) is 5.69 Å². The molecule has 0 radical (unpaired) electrons. The SMILES string of the molecule is CC1CCc2nc(NC(=O)c3cnn(-c4ccccc4)n3)sc2C1. The van der Waals surface area contributed by atoms with Crippen LogP contribution in [0.5, 0.6) is 0 Å². The molecule has 0 spiro atoms. The lowest BCUT2D eigenvalue weighted by Gasteiger charge is -2.15. The van der Waals surface area contributed by atoms with Gasteiger partial charge in [0.1, 0.15) is 0 Å². The van der Waals surface area contributed by atoms with Crippen LogP contribution in [0.15, 0.2) is 36.5 Å². The summed E-state index contributed by atoms with van der Waals surface area (Å²) in [5.74, 6) is 0.406. The summed E-state index contributed by atoms with van der Waals surface area (Å²) in [5.41, 5.74) is 2.22. The molecule has 1 atom stereocenters. The molecule has 24 heavy (non-hydrogen) atoms. The van der Waals surface area contributed by atoms with Crippen molar-refractivity contribution in [3.63, 3.8) is 0 Å². The molecule has 2 aromatic heterocycles. The number of carbonyl (C=O) groups excluding carboxylic acids is 1. The van der Waals surface area contributed by atoms with Gasteiger partial charge in [-0.15, -0.1) is 16.4 Å². The summed E-state index contributed by atoms with van der Waals surface area (Å²) in [4.78, 5) is 19.7. The quantitative estimate of drug-likeness (QED) is 0.796. The van der Waals surface area contributed by atoms with Crippen LogP contribution in [0.3, 0.4) is 0 Å². The number of rotatable bonds is 3. The highest BCUT2D eigenvalue weighted by molar-refractivity contribution is 7.15. The van der Waals surface area contributed by atoms with Gasteiger partial charge in [0.2, 0.25) is 0 Å². The van der Waals surface area contributed by atoms with Crippen LogP contribution in [0.25, 0.3) is 5.69 Å². The second-order valence-corrected chi connectivity index (χ2v) is 7.13. The molecular weight excluding hydrogens is 322 g/mol. The number of anilines is 1. The van der Waals surface area contributed by atoms with Crippen molar-refractivity contribution in [1.29, 1.82) is 0 Å². The summed E-state index contributed by atoms with van der Waals surface area (Å²) < 4.78 is 0. The third-order valence-electron chi connectivity index (χ3n) is 4.12. The molecule has 3 aromatic rings. The van der Waals surface area contributed by atoms with E-state index < -0.39 is 0 Å². The average molecular weight is 339 g/mol. The molecule has 6 nitrogen and oxygen atoms in total. The number of carbonyl (C=O) groups is 1. The zero-order chi connectivity index (χ0) is 16.5. The summed E-state index contributed by atoms with van der Waals surface area (Å²) in [7, 11) is 0. The minimum absolute atomic E-state index is 0.278. The van der Waals surface area contributed by atoms with Crippen LogP contribution in [0, 0.1) is 5.92 Å². The third kappa shape index (κ3) is 2.94. The van der Waals surface area contributed by atoms with Crippen molar-refractivity contribution >= 4 is 22.4 Å². The first-order chi connectivity index (χ1) is 11.7. The summed E-state index contributed by atoms with van der Waals surface area (Å²) in [6, 6.07) is 9.50. The molecule has 1 aromatic carbocycles. The van der Waals surface area contributed by atoms with Crippen LogP contribution in [0.2, 0.25) is 0 Å². The minimum atomic E-state index is -0.281. The van der Waals surface area contributed by atoms with E-state index in [1.165, 1.54) is 15.9 Å². The molecule has 0 aliphatic heterocycles. The van der Waals surface area contributed by atoms with Crippen LogP contribution < -0.4 is 5.32 Å². The molecule has 0 bridgehead atoms. The van der Waals surface area contributed by atoms with Gasteiger partial charge in [-0.2, -0.15) is 9.90 Å². The normalized spacial score (nSPS) is 16.6. The smallest absolute Gasteiger partial charge is 0.279 e. The van der Waals surface area contributed by atoms with Crippen molar-refractivity contribution in [2.24, 2.45) is 5.92 Å². The van der Waals surface area contributed by atoms with Gasteiger partial charge in [0.05, 0.1) is 17.6 Å². The Hall–Kier alpha value is -2.54. The number of hydrogen-bond donors (Lipinski definition) is 1. The van der Waals surface area contributed by atoms with Gasteiger partial charge >= 0.3 is 0 Å². The van der Waals surface area contributed by atoms with E-state index in [-0.39, 0.29) is 11.6 Å². The molecule has 1 N–H and O–H groups in total. The van der Waals surface area contributed by atoms with Gasteiger partial charge in [0, 0.05) is 4.88 Å². The van der Waals surface area contributed by atoms with Crippen molar-refractivity contribution in [2.75, 3.05) is 5.32 Å². The molecule has 1 amide bonds. The molecule has 0 saturated heterocycles. The molecule has 1 aliphatic carbocycles. The number of aromatic nitrogens is 4. The maximum atomic E-state index is 12.4. The Morgan fingerprint density at radius 2 is 2.17 bits per heavy atom. The van der Waals surface area contributed by atoms with Crippen molar-refractivity contribution in [3.05, 3.63) is 52.8 Å². The monoisotopic (exact) mass is 339 g/mol. The van der Waals surface area contributed by atoms with Crippen molar-refractivity contribution in [2.45, 2.75) is 26.2 Å². The highest BCUT2D eigenvalue weighted by Crippen LogP contribution is 2.32. The zero-order valence-electron chi connectivity index (χ0n) is 13.3. The first kappa shape index (κ1) is 15.0. The Kier molecular flexibility index (Phi) is 3.86. The highest BCUT2D eigenvalue weighted by Gasteiger charge is 2.21. The molecule has 122 valence electrons. The lowest BCUT2D eigenvalue weighted by atomic mass is 9.93. The fourth-order valence-corrected chi connectivity index (χ4v) is 3.97. The fraction of sp³-hybridized carbons (Fsp3) is 0.294. The van der Waals surface area contributed by atoms with E-state index in [1.54, 1.807) is 11.3 Å². The van der Waals surface area contributed by atoms with E-state index in [1.807, 2.05) is 30.3 Å². The zero-order valence-corrected chi connectivity index (χ0v) is 14.1. The molecule has 4 rings (SSSR count). The summed E-state index contributed by atoms with van der Waals surface area (Å²) in [6.45, 7) is 2.25. The maximum Gasteiger partial charge on any atom is 0.279 e. The van der Waals surface area contributed by atoms with E-state index in [9.17, 15) is 4.79 Å². The molecule has 0 saturated carbocycles. The van der Waals surface area contributed by atoms with E-state index in [0.29, 0.717) is 11.0 Å². The molecule has 1 aliphatic rings. The predicted octanol–water partition coefficient (Wildman–Crippen LogP) is 3.10. The van der Waals surface area contributed by atoms with Crippen LogP contribution >= 0.6 is 11.3 Å². The van der Waals surface area contributed by atoms with Crippen molar-refractivity contribution in [1.82, 2.24) is 20.0 Å². The van der Waals surface area contributed by atoms with Gasteiger partial charge < -0.3 is 0 Å². The van der Waals surface area contributed by atoms with E-state index in [0.717, 1.165) is 30.6 Å². The molecule has 1 unspecified atom stereocenters. The van der Waals surface area contributed by atoms with Gasteiger partial charge in [-0.3, -0.25) is 10.1 Å². The topological polar surface area (TPSA) is 72.7 Å². The average Bonchev–Trinajstić information content (AvgIpc) is 3.22. The lowest BCUT2D eigenvalue weighted by molar-refractivity contribution is 0.102. The van der Waals surface area contributed by atoms with Crippen LogP contribution in [-0.4, -0.2) is 25.9 Å². The van der Waals surface area contributed by atoms with Crippen LogP contribution in [0.1, 0.15) is 34.4 Å². The lowest BCUT2D eigenvalue weighted by Crippen LogP contribution is -2.13. The number of hydrogen-bond acceptors (Lipinski definition) is 5. The molecular formula is C17H17N5OS. The van der Waals surface area contributed by atoms with Gasteiger partial charge in [0.15, 0.2) is 10.8 Å². The standard InChI is InChI=1S/C17H17N5OS/c1-11-7-8-13-15(9-11)24-17(19-13)20-16(23)14-10-18-22(21-14)12-5-3-2-4-6-12/h2-6,10-11H,7-9H2,1H3,(H,19,20,23). The van der Waals surface area contributed by atoms with E-state index >= 15 is 0 Å². The Bertz CT molecular complexity index is 870. The number of benzene rings is 1. The fourth-order valence-electron chi connectivity index (χ4n) is 2.81. The maximum absolute atomic E-state index is 12.4. The van der Waals surface area contributed by atoms with Gasteiger partial charge in [-0.05, 0) is 37.3 Å². The predicted molar refractivity (Wildman–Crippen MR) is 92.6 cm³/mol. The molecule has 7 heteroatoms. The first-order valence-electron chi connectivity index (χ1n) is 7.97. The number of nitrogens with zero attached hydrogens (tertiary/aromatic N) is 4. The number of para-hydroxylation sites is 1. The molecule has 0 fully saturated rings.